The van der Waals surface area contributed by atoms with E-state index in [-0.39, 0.29) is 0 Å². The number of aromatic nitrogens is 4. The van der Waals surface area contributed by atoms with Crippen molar-refractivity contribution in [2.24, 2.45) is 0 Å². The third-order valence-electron chi connectivity index (χ3n) is 1.19. The number of fused-ring (bicyclic) bond motifs is 1. The number of rotatable bonds is 0. The van der Waals surface area contributed by atoms with Gasteiger partial charge in [-0.05, 0) is 0 Å². The maximum atomic E-state index is 3.95. The normalized spacial score (nSPS) is 10.4. The molecule has 0 amide bonds. The standard InChI is InChI=1S/C5H3N4Se/c10-5-3-4(7-1-6-3)8-2-9-5/h1-2H,(H,6,7,8,9). The molecule has 0 fully saturated rings. The quantitative estimate of drug-likeness (QED) is 0.561. The SMILES string of the molecule is [Se]c1ncnc2nc[nH]c12. The summed E-state index contributed by atoms with van der Waals surface area (Å²) in [4.78, 5) is 14.7. The van der Waals surface area contributed by atoms with E-state index in [1.165, 1.54) is 6.33 Å². The average Bonchev–Trinajstić information content (AvgIpc) is 2.36. The summed E-state index contributed by atoms with van der Waals surface area (Å²) < 4.78 is 0.808. The number of aromatic amines is 1. The molecule has 0 aliphatic rings. The zero-order valence-electron chi connectivity index (χ0n) is 4.90. The van der Waals surface area contributed by atoms with Gasteiger partial charge in [0.15, 0.2) is 0 Å². The van der Waals surface area contributed by atoms with Crippen LogP contribution in [-0.2, 0) is 0 Å². The van der Waals surface area contributed by atoms with Gasteiger partial charge in [-0.25, -0.2) is 0 Å². The summed E-state index contributed by atoms with van der Waals surface area (Å²) in [5.41, 5.74) is 1.56. The van der Waals surface area contributed by atoms with Gasteiger partial charge >= 0.3 is 64.4 Å². The Morgan fingerprint density at radius 3 is 3.00 bits per heavy atom. The van der Waals surface area contributed by atoms with Crippen LogP contribution in [0.5, 0.6) is 0 Å². The molecule has 4 nitrogen and oxygen atoms in total. The van der Waals surface area contributed by atoms with Crippen LogP contribution < -0.4 is 4.59 Å². The number of hydrogen-bond acceptors (Lipinski definition) is 3. The molecule has 0 aliphatic carbocycles. The zero-order chi connectivity index (χ0) is 6.97. The van der Waals surface area contributed by atoms with Crippen LogP contribution >= 0.6 is 0 Å². The van der Waals surface area contributed by atoms with Crippen molar-refractivity contribution in [1.29, 1.82) is 0 Å². The molecular formula is C5H3N4Se. The second-order valence-electron chi connectivity index (χ2n) is 1.78. The summed E-state index contributed by atoms with van der Waals surface area (Å²) in [6.07, 6.45) is 3.08. The molecular weight excluding hydrogens is 195 g/mol. The van der Waals surface area contributed by atoms with E-state index in [2.05, 4.69) is 35.9 Å². The zero-order valence-corrected chi connectivity index (χ0v) is 6.62. The topological polar surface area (TPSA) is 54.5 Å². The van der Waals surface area contributed by atoms with E-state index in [1.807, 2.05) is 0 Å². The molecule has 2 rings (SSSR count). The summed E-state index contributed by atoms with van der Waals surface area (Å²) in [5, 5.41) is 0. The summed E-state index contributed by atoms with van der Waals surface area (Å²) in [6, 6.07) is 0. The third-order valence-corrected chi connectivity index (χ3v) is 1.84. The summed E-state index contributed by atoms with van der Waals surface area (Å²) in [6.45, 7) is 0. The molecule has 10 heavy (non-hydrogen) atoms. The van der Waals surface area contributed by atoms with Gasteiger partial charge in [-0.2, -0.15) is 0 Å². The third kappa shape index (κ3) is 0.716. The van der Waals surface area contributed by atoms with Crippen LogP contribution in [0.25, 0.3) is 11.2 Å². The van der Waals surface area contributed by atoms with E-state index in [0.29, 0.717) is 5.65 Å². The fourth-order valence-electron chi connectivity index (χ4n) is 0.743. The number of nitrogens with one attached hydrogen (secondary N) is 1. The van der Waals surface area contributed by atoms with Crippen LogP contribution in [0.15, 0.2) is 12.7 Å². The Morgan fingerprint density at radius 2 is 2.20 bits per heavy atom. The predicted octanol–water partition coefficient (Wildman–Crippen LogP) is -0.853. The van der Waals surface area contributed by atoms with Crippen molar-refractivity contribution >= 4 is 31.8 Å². The second-order valence-corrected chi connectivity index (χ2v) is 2.59. The molecule has 0 saturated heterocycles. The first-order chi connectivity index (χ1) is 4.88. The summed E-state index contributed by atoms with van der Waals surface area (Å²) in [7, 11) is 0. The first kappa shape index (κ1) is 5.82. The maximum absolute atomic E-state index is 3.95. The second kappa shape index (κ2) is 2.04. The van der Waals surface area contributed by atoms with Gasteiger partial charge in [-0.3, -0.25) is 0 Å². The van der Waals surface area contributed by atoms with E-state index < -0.39 is 0 Å². The Hall–Kier alpha value is -0.931. The molecule has 2 heterocycles. The van der Waals surface area contributed by atoms with Gasteiger partial charge in [-0.15, -0.1) is 0 Å². The fraction of sp³-hybridized carbons (Fsp3) is 0. The van der Waals surface area contributed by atoms with Gasteiger partial charge in [0.25, 0.3) is 0 Å². The molecule has 2 aromatic heterocycles. The van der Waals surface area contributed by atoms with Crippen molar-refractivity contribution < 1.29 is 0 Å². The van der Waals surface area contributed by atoms with Crippen LogP contribution in [0.1, 0.15) is 0 Å². The molecule has 1 N–H and O–H groups in total. The van der Waals surface area contributed by atoms with Gasteiger partial charge in [0.2, 0.25) is 0 Å². The van der Waals surface area contributed by atoms with Crippen molar-refractivity contribution in [3.8, 4) is 0 Å². The van der Waals surface area contributed by atoms with Gasteiger partial charge in [0, 0.05) is 0 Å². The Bertz CT molecular complexity index is 355. The van der Waals surface area contributed by atoms with Crippen molar-refractivity contribution in [3.05, 3.63) is 12.7 Å². The van der Waals surface area contributed by atoms with Crippen LogP contribution in [-0.4, -0.2) is 35.9 Å². The number of nitrogens with zero attached hydrogens (tertiary/aromatic N) is 3. The van der Waals surface area contributed by atoms with Crippen LogP contribution in [0.4, 0.5) is 0 Å². The molecule has 49 valence electrons. The van der Waals surface area contributed by atoms with Gasteiger partial charge < -0.3 is 0 Å². The number of H-pyrrole nitrogens is 1. The molecule has 0 aromatic carbocycles. The Balaban J connectivity index is 2.95. The van der Waals surface area contributed by atoms with Crippen molar-refractivity contribution in [1.82, 2.24) is 19.9 Å². The van der Waals surface area contributed by atoms with Crippen molar-refractivity contribution in [2.45, 2.75) is 0 Å². The van der Waals surface area contributed by atoms with E-state index in [9.17, 15) is 0 Å². The number of imidazole rings is 1. The van der Waals surface area contributed by atoms with Gasteiger partial charge in [-0.1, -0.05) is 0 Å². The van der Waals surface area contributed by atoms with Crippen LogP contribution in [0, 0.1) is 0 Å². The Morgan fingerprint density at radius 1 is 1.30 bits per heavy atom. The Labute approximate surface area is 64.9 Å². The summed E-state index contributed by atoms with van der Waals surface area (Å²) in [5.74, 6) is 0. The number of hydrogen-bond donors (Lipinski definition) is 1. The van der Waals surface area contributed by atoms with E-state index >= 15 is 0 Å². The Kier molecular flexibility index (Phi) is 1.19. The molecule has 2 aromatic rings. The average molecular weight is 198 g/mol. The van der Waals surface area contributed by atoms with Crippen LogP contribution in [0.2, 0.25) is 0 Å². The molecule has 0 aliphatic heterocycles. The molecule has 0 atom stereocenters. The van der Waals surface area contributed by atoms with Crippen molar-refractivity contribution in [3.63, 3.8) is 0 Å². The first-order valence-corrected chi connectivity index (χ1v) is 3.54. The van der Waals surface area contributed by atoms with Crippen molar-refractivity contribution in [2.75, 3.05) is 0 Å². The molecule has 5 heteroatoms. The fourth-order valence-corrected chi connectivity index (χ4v) is 1.16. The molecule has 0 bridgehead atoms. The predicted molar refractivity (Wildman–Crippen MR) is 37.1 cm³/mol. The molecule has 0 saturated carbocycles. The van der Waals surface area contributed by atoms with Crippen LogP contribution in [0.3, 0.4) is 0 Å². The molecule has 0 spiro atoms. The molecule has 0 unspecified atom stereocenters. The van der Waals surface area contributed by atoms with E-state index in [0.717, 1.165) is 10.1 Å². The first-order valence-electron chi connectivity index (χ1n) is 2.69. The molecule has 1 radical (unpaired) electrons. The minimum atomic E-state index is 0.698. The minimum absolute atomic E-state index is 0.698. The monoisotopic (exact) mass is 199 g/mol. The van der Waals surface area contributed by atoms with Gasteiger partial charge in [0.1, 0.15) is 0 Å². The van der Waals surface area contributed by atoms with E-state index in [1.54, 1.807) is 6.33 Å². The van der Waals surface area contributed by atoms with Gasteiger partial charge in [0.05, 0.1) is 0 Å². The van der Waals surface area contributed by atoms with E-state index in [4.69, 9.17) is 0 Å². The summed E-state index contributed by atoms with van der Waals surface area (Å²) >= 11 is 2.81.